The van der Waals surface area contributed by atoms with Crippen LogP contribution < -0.4 is 5.32 Å². The molecule has 424 valence electrons. The number of ether oxygens (including phenoxy) is 3. The first kappa shape index (κ1) is 63.4. The first-order valence-corrected chi connectivity index (χ1v) is 28.0. The third kappa shape index (κ3) is 16.7. The Morgan fingerprint density at radius 3 is 2.08 bits per heavy atom. The molecule has 2 fully saturated rings. The highest BCUT2D eigenvalue weighted by atomic mass is 16.5. The Kier molecular flexibility index (Phi) is 25.1. The molecule has 0 bridgehead atoms. The van der Waals surface area contributed by atoms with Gasteiger partial charge in [-0.05, 0) is 82.4 Å². The maximum atomic E-state index is 14.8. The van der Waals surface area contributed by atoms with Gasteiger partial charge >= 0.3 is 5.97 Å². The van der Waals surface area contributed by atoms with E-state index < -0.39 is 47.6 Å². The number of likely N-dealkylation sites (N-methyl/N-ethyl adjacent to an activating group) is 2. The summed E-state index contributed by atoms with van der Waals surface area (Å²) < 4.78 is 17.7. The normalized spacial score (nSPS) is 21.1. The summed E-state index contributed by atoms with van der Waals surface area (Å²) in [7, 11) is 6.71. The minimum atomic E-state index is -0.945. The van der Waals surface area contributed by atoms with Gasteiger partial charge in [-0.2, -0.15) is 0 Å². The number of imide groups is 1. The number of nitrogens with zero attached hydrogens (tertiary/aromatic N) is 4. The highest BCUT2D eigenvalue weighted by Gasteiger charge is 2.63. The van der Waals surface area contributed by atoms with E-state index in [9.17, 15) is 43.2 Å². The Morgan fingerprint density at radius 1 is 0.816 bits per heavy atom. The van der Waals surface area contributed by atoms with Crippen molar-refractivity contribution in [2.75, 3.05) is 61.1 Å². The summed E-state index contributed by atoms with van der Waals surface area (Å²) in [6.45, 7) is 16.8. The van der Waals surface area contributed by atoms with Gasteiger partial charge in [0.15, 0.2) is 11.6 Å². The molecule has 76 heavy (non-hydrogen) atoms. The van der Waals surface area contributed by atoms with Crippen LogP contribution in [0.25, 0.3) is 0 Å². The summed E-state index contributed by atoms with van der Waals surface area (Å²) in [6.07, 6.45) is 6.50. The summed E-state index contributed by atoms with van der Waals surface area (Å²) >= 11 is 0. The third-order valence-corrected chi connectivity index (χ3v) is 16.4. The molecule has 3 aliphatic rings. The van der Waals surface area contributed by atoms with E-state index in [1.807, 2.05) is 90.7 Å². The van der Waals surface area contributed by atoms with Crippen LogP contribution in [0.15, 0.2) is 42.5 Å². The number of likely N-dealkylation sites (tertiary alicyclic amines) is 1. The van der Waals surface area contributed by atoms with E-state index in [1.165, 1.54) is 17.1 Å². The number of rotatable bonds is 35. The van der Waals surface area contributed by atoms with Gasteiger partial charge in [0.05, 0.1) is 55.3 Å². The number of esters is 1. The molecular weight excluding hydrogens is 971 g/mol. The fourth-order valence-corrected chi connectivity index (χ4v) is 11.8. The molecule has 1 aliphatic carbocycles. The number of nitrogens with one attached hydrogen (secondary N) is 1. The maximum absolute atomic E-state index is 14.8. The van der Waals surface area contributed by atoms with Crippen LogP contribution in [0.2, 0.25) is 0 Å². The molecule has 1 N–H and O–H groups in total. The van der Waals surface area contributed by atoms with Crippen molar-refractivity contribution >= 4 is 52.9 Å². The summed E-state index contributed by atoms with van der Waals surface area (Å²) in [6, 6.07) is 8.32. The van der Waals surface area contributed by atoms with Crippen molar-refractivity contribution < 1.29 is 57.4 Å². The van der Waals surface area contributed by atoms with Gasteiger partial charge in [-0.25, -0.2) is 0 Å². The van der Waals surface area contributed by atoms with E-state index in [2.05, 4.69) is 5.32 Å². The zero-order chi connectivity index (χ0) is 56.4. The monoisotopic (exact) mass is 1060 g/mol. The number of benzene rings is 1. The highest BCUT2D eigenvalue weighted by molar-refractivity contribution is 6.12. The fraction of sp³-hybridized carbons (Fsp3) is 0.712. The Bertz CT molecular complexity index is 2160. The first-order valence-electron chi connectivity index (χ1n) is 28.0. The number of amides is 5. The van der Waals surface area contributed by atoms with E-state index >= 15 is 0 Å². The van der Waals surface area contributed by atoms with Gasteiger partial charge in [0.25, 0.3) is 11.8 Å². The van der Waals surface area contributed by atoms with Gasteiger partial charge in [0, 0.05) is 89.9 Å². The van der Waals surface area contributed by atoms with Crippen LogP contribution >= 0.6 is 0 Å². The number of hydrogen-bond acceptors (Lipinski definition) is 13. The summed E-state index contributed by atoms with van der Waals surface area (Å²) in [5, 5.41) is 2.69. The second-order valence-corrected chi connectivity index (χ2v) is 22.4. The lowest BCUT2D eigenvalue weighted by Gasteiger charge is -2.41. The molecule has 0 spiro atoms. The van der Waals surface area contributed by atoms with Crippen molar-refractivity contribution in [3.63, 3.8) is 0 Å². The van der Waals surface area contributed by atoms with Crippen LogP contribution in [0.1, 0.15) is 150 Å². The number of carbonyl (C=O) groups excluding carboxylic acids is 9. The SMILES string of the molecule is CCOC(=O)[C@]1(CC(=O)[C@H](C)[C@@H](OC)[C@@H]2CCCN2C(=O)C[C@@H](OC)[C@H]([C@@H](C)CC)N(C)C(=O)[C@@H](CC(=O)[C@H](C(C)C)N(C)CCCC(=O)CNC(=O)CCCCCN2C(=O)C=CC2=O)C(C)C)C[C@@H]1c1ccccc1. The van der Waals surface area contributed by atoms with Gasteiger partial charge in [0.2, 0.25) is 17.7 Å². The van der Waals surface area contributed by atoms with Gasteiger partial charge in [-0.3, -0.25) is 53.0 Å². The lowest BCUT2D eigenvalue weighted by atomic mass is 9.83. The van der Waals surface area contributed by atoms with Crippen molar-refractivity contribution in [2.24, 2.45) is 35.0 Å². The molecular formula is C59H91N5O12. The fourth-order valence-electron chi connectivity index (χ4n) is 11.8. The number of ketones is 3. The second-order valence-electron chi connectivity index (χ2n) is 22.4. The number of hydrogen-bond donors (Lipinski definition) is 1. The first-order chi connectivity index (χ1) is 36.1. The van der Waals surface area contributed by atoms with Gasteiger partial charge in [-0.1, -0.05) is 91.6 Å². The largest absolute Gasteiger partial charge is 0.466 e. The van der Waals surface area contributed by atoms with Crippen molar-refractivity contribution in [2.45, 2.75) is 175 Å². The minimum Gasteiger partial charge on any atom is -0.466 e. The Labute approximate surface area is 452 Å². The molecule has 5 amide bonds. The number of carbonyl (C=O) groups is 9. The molecule has 17 nitrogen and oxygen atoms in total. The molecule has 2 aliphatic heterocycles. The Hall–Kier alpha value is -5.13. The lowest BCUT2D eigenvalue weighted by molar-refractivity contribution is -0.153. The molecule has 0 aromatic heterocycles. The Morgan fingerprint density at radius 2 is 1.49 bits per heavy atom. The molecule has 17 heteroatoms. The summed E-state index contributed by atoms with van der Waals surface area (Å²) in [4.78, 5) is 126. The van der Waals surface area contributed by atoms with Crippen molar-refractivity contribution in [3.8, 4) is 0 Å². The highest BCUT2D eigenvalue weighted by Crippen LogP contribution is 2.62. The molecule has 10 atom stereocenters. The minimum absolute atomic E-state index is 0.00704. The number of Topliss-reactive ketones (excluding diaryl/α,β-unsaturated/α-hetero) is 3. The molecule has 4 rings (SSSR count). The number of methoxy groups -OCH3 is 2. The van der Waals surface area contributed by atoms with Crippen LogP contribution in [0.3, 0.4) is 0 Å². The quantitative estimate of drug-likeness (QED) is 0.0425. The average molecular weight is 1060 g/mol. The predicted octanol–water partition coefficient (Wildman–Crippen LogP) is 6.74. The van der Waals surface area contributed by atoms with Crippen LogP contribution in [0.5, 0.6) is 0 Å². The molecule has 1 aromatic rings. The number of unbranched alkanes of at least 4 members (excludes halogenated alkanes) is 2. The van der Waals surface area contributed by atoms with E-state index in [4.69, 9.17) is 14.2 Å². The van der Waals surface area contributed by atoms with E-state index in [1.54, 1.807) is 38.0 Å². The van der Waals surface area contributed by atoms with E-state index in [0.717, 1.165) is 12.0 Å². The average Bonchev–Trinajstić information content (AvgIpc) is 3.74. The molecule has 1 saturated carbocycles. The van der Waals surface area contributed by atoms with Gasteiger partial charge in [-0.15, -0.1) is 0 Å². The predicted molar refractivity (Wildman–Crippen MR) is 289 cm³/mol. The third-order valence-electron chi connectivity index (χ3n) is 16.4. The molecule has 0 radical (unpaired) electrons. The van der Waals surface area contributed by atoms with Crippen LogP contribution in [0.4, 0.5) is 0 Å². The molecule has 0 unspecified atom stereocenters. The van der Waals surface area contributed by atoms with Crippen molar-refractivity contribution in [1.29, 1.82) is 0 Å². The van der Waals surface area contributed by atoms with E-state index in [-0.39, 0.29) is 122 Å². The zero-order valence-corrected chi connectivity index (χ0v) is 47.8. The second kappa shape index (κ2) is 30.1. The molecule has 1 saturated heterocycles. The van der Waals surface area contributed by atoms with Crippen LogP contribution in [-0.2, 0) is 57.4 Å². The Balaban J connectivity index is 1.34. The lowest BCUT2D eigenvalue weighted by Crippen LogP contribution is -2.54. The molecule has 2 heterocycles. The van der Waals surface area contributed by atoms with Crippen LogP contribution in [0, 0.1) is 35.0 Å². The van der Waals surface area contributed by atoms with Gasteiger partial charge in [0.1, 0.15) is 5.78 Å². The van der Waals surface area contributed by atoms with Crippen molar-refractivity contribution in [3.05, 3.63) is 48.0 Å². The van der Waals surface area contributed by atoms with Crippen LogP contribution in [-0.4, -0.2) is 164 Å². The smallest absolute Gasteiger partial charge is 0.313 e. The molecule has 1 aromatic carbocycles. The van der Waals surface area contributed by atoms with Crippen molar-refractivity contribution in [1.82, 2.24) is 24.9 Å². The standard InChI is InChI=1S/C59H91N5O12/c1-13-40(7)55(49(74-11)34-53(71)63-32-22-26-46(63)56(75-12)41(8)48(67)36-59(58(73)76-14-2)35-45(59)42-23-17-15-18-24-42)62(10)57(72)44(38(3)4)33-47(66)54(39(5)6)61(9)30-21-25-43(65)37-60-50(68)27-19-16-20-31-64-51(69)28-29-52(64)70/h15,17-18,23-24,28-29,38-41,44-46,49,54-56H,13-14,16,19-22,25-27,30-37H2,1-12H3,(H,60,68)/t40-,41-,44-,45+,46-,49+,54-,55-,56+,59-/m0/s1. The maximum Gasteiger partial charge on any atom is 0.313 e. The summed E-state index contributed by atoms with van der Waals surface area (Å²) in [5.41, 5.74) is 0.0507. The summed E-state index contributed by atoms with van der Waals surface area (Å²) in [5.74, 6) is -3.69. The van der Waals surface area contributed by atoms with Gasteiger partial charge < -0.3 is 29.3 Å². The zero-order valence-electron chi connectivity index (χ0n) is 47.8. The van der Waals surface area contributed by atoms with E-state index in [0.29, 0.717) is 64.6 Å². The topological polar surface area (TPSA) is 206 Å².